The minimum absolute atomic E-state index is 0.180. The van der Waals surface area contributed by atoms with Gasteiger partial charge in [0.2, 0.25) is 5.91 Å². The molecule has 0 bridgehead atoms. The Morgan fingerprint density at radius 3 is 2.12 bits per heavy atom. The van der Waals surface area contributed by atoms with Crippen molar-refractivity contribution in [2.45, 2.75) is 70.8 Å². The standard InChI is InChI=1S/C23H36N2O/c1-22(2,3)18-10-12-20(13-11-18)25-16-14-23(15-17-25,21(26)24-4)19-8-6-5-7-9-19/h5-9,18,20H,10-17H2,1-4H3,(H,24,26). The molecule has 2 aliphatic rings. The van der Waals surface area contributed by atoms with E-state index in [1.54, 1.807) is 7.05 Å². The van der Waals surface area contributed by atoms with E-state index in [2.05, 4.69) is 55.3 Å². The molecule has 1 aromatic carbocycles. The summed E-state index contributed by atoms with van der Waals surface area (Å²) >= 11 is 0. The summed E-state index contributed by atoms with van der Waals surface area (Å²) in [6, 6.07) is 11.1. The van der Waals surface area contributed by atoms with E-state index in [9.17, 15) is 4.79 Å². The summed E-state index contributed by atoms with van der Waals surface area (Å²) in [7, 11) is 1.77. The fourth-order valence-electron chi connectivity index (χ4n) is 5.22. The molecule has 0 aromatic heterocycles. The number of rotatable bonds is 3. The molecule has 0 atom stereocenters. The average molecular weight is 357 g/mol. The molecule has 1 saturated carbocycles. The summed E-state index contributed by atoms with van der Waals surface area (Å²) in [5, 5.41) is 2.93. The normalized spacial score (nSPS) is 27.1. The Hall–Kier alpha value is -1.35. The fraction of sp³-hybridized carbons (Fsp3) is 0.696. The number of amides is 1. The monoisotopic (exact) mass is 356 g/mol. The highest BCUT2D eigenvalue weighted by atomic mass is 16.2. The van der Waals surface area contributed by atoms with Gasteiger partial charge in [-0.3, -0.25) is 4.79 Å². The van der Waals surface area contributed by atoms with Crippen molar-refractivity contribution in [2.24, 2.45) is 11.3 Å². The highest BCUT2D eigenvalue weighted by Crippen LogP contribution is 2.41. The highest BCUT2D eigenvalue weighted by Gasteiger charge is 2.44. The van der Waals surface area contributed by atoms with Crippen LogP contribution in [0.4, 0.5) is 0 Å². The summed E-state index contributed by atoms with van der Waals surface area (Å²) in [4.78, 5) is 15.5. The van der Waals surface area contributed by atoms with Crippen molar-refractivity contribution in [1.29, 1.82) is 0 Å². The molecule has 1 aliphatic carbocycles. The first-order valence-electron chi connectivity index (χ1n) is 10.4. The maximum atomic E-state index is 12.8. The van der Waals surface area contributed by atoms with Crippen LogP contribution in [0.25, 0.3) is 0 Å². The van der Waals surface area contributed by atoms with Crippen LogP contribution < -0.4 is 5.32 Å². The molecule has 1 N–H and O–H groups in total. The Bertz CT molecular complexity index is 588. The molecule has 1 amide bonds. The molecule has 0 spiro atoms. The van der Waals surface area contributed by atoms with Crippen molar-refractivity contribution in [3.63, 3.8) is 0 Å². The van der Waals surface area contributed by atoms with Crippen LogP contribution in [0.1, 0.15) is 64.9 Å². The second-order valence-corrected chi connectivity index (χ2v) is 9.43. The van der Waals surface area contributed by atoms with Crippen molar-refractivity contribution < 1.29 is 4.79 Å². The zero-order valence-electron chi connectivity index (χ0n) is 17.1. The van der Waals surface area contributed by atoms with E-state index in [1.807, 2.05) is 6.07 Å². The van der Waals surface area contributed by atoms with Gasteiger partial charge in [0.1, 0.15) is 0 Å². The molecule has 0 unspecified atom stereocenters. The molecular weight excluding hydrogens is 320 g/mol. The largest absolute Gasteiger partial charge is 0.358 e. The lowest BCUT2D eigenvalue weighted by Crippen LogP contribution is -2.53. The average Bonchev–Trinajstić information content (AvgIpc) is 2.67. The number of nitrogens with one attached hydrogen (secondary N) is 1. The van der Waals surface area contributed by atoms with Crippen molar-refractivity contribution in [2.75, 3.05) is 20.1 Å². The first-order valence-corrected chi connectivity index (χ1v) is 10.4. The van der Waals surface area contributed by atoms with Gasteiger partial charge < -0.3 is 10.2 Å². The number of carbonyl (C=O) groups is 1. The van der Waals surface area contributed by atoms with E-state index in [-0.39, 0.29) is 11.3 Å². The van der Waals surface area contributed by atoms with Gasteiger partial charge in [0.15, 0.2) is 0 Å². The van der Waals surface area contributed by atoms with Crippen LogP contribution in [0, 0.1) is 11.3 Å². The van der Waals surface area contributed by atoms with Crippen molar-refractivity contribution >= 4 is 5.91 Å². The predicted octanol–water partition coefficient (Wildman–Crippen LogP) is 4.37. The van der Waals surface area contributed by atoms with E-state index < -0.39 is 0 Å². The summed E-state index contributed by atoms with van der Waals surface area (Å²) in [5.74, 6) is 1.04. The van der Waals surface area contributed by atoms with E-state index in [0.29, 0.717) is 11.5 Å². The molecule has 1 aliphatic heterocycles. The minimum Gasteiger partial charge on any atom is -0.358 e. The summed E-state index contributed by atoms with van der Waals surface area (Å²) in [6.07, 6.45) is 7.19. The van der Waals surface area contributed by atoms with Crippen LogP contribution in [-0.4, -0.2) is 37.0 Å². The van der Waals surface area contributed by atoms with Crippen molar-refractivity contribution in [3.05, 3.63) is 35.9 Å². The molecule has 1 saturated heterocycles. The van der Waals surface area contributed by atoms with E-state index >= 15 is 0 Å². The quantitative estimate of drug-likeness (QED) is 0.872. The molecule has 3 nitrogen and oxygen atoms in total. The molecule has 26 heavy (non-hydrogen) atoms. The molecule has 2 fully saturated rings. The highest BCUT2D eigenvalue weighted by molar-refractivity contribution is 5.88. The van der Waals surface area contributed by atoms with E-state index in [4.69, 9.17) is 0 Å². The van der Waals surface area contributed by atoms with Gasteiger partial charge in [-0.1, -0.05) is 51.1 Å². The number of carbonyl (C=O) groups excluding carboxylic acids is 1. The number of likely N-dealkylation sites (tertiary alicyclic amines) is 1. The topological polar surface area (TPSA) is 32.3 Å². The molecule has 3 rings (SSSR count). The molecular formula is C23H36N2O. The Morgan fingerprint density at radius 2 is 1.62 bits per heavy atom. The van der Waals surface area contributed by atoms with Crippen LogP contribution in [0.3, 0.4) is 0 Å². The van der Waals surface area contributed by atoms with Gasteiger partial charge in [0.25, 0.3) is 0 Å². The van der Waals surface area contributed by atoms with Crippen molar-refractivity contribution in [1.82, 2.24) is 10.2 Å². The molecule has 1 aromatic rings. The number of nitrogens with zero attached hydrogens (tertiary/aromatic N) is 1. The zero-order chi connectivity index (χ0) is 18.8. The van der Waals surface area contributed by atoms with Gasteiger partial charge >= 0.3 is 0 Å². The molecule has 0 radical (unpaired) electrons. The van der Waals surface area contributed by atoms with Crippen LogP contribution in [-0.2, 0) is 10.2 Å². The zero-order valence-corrected chi connectivity index (χ0v) is 17.1. The van der Waals surface area contributed by atoms with E-state index in [1.165, 1.54) is 31.2 Å². The van der Waals surface area contributed by atoms with Crippen LogP contribution in [0.5, 0.6) is 0 Å². The summed E-state index contributed by atoms with van der Waals surface area (Å²) in [5.41, 5.74) is 1.26. The Balaban J connectivity index is 1.65. The summed E-state index contributed by atoms with van der Waals surface area (Å²) < 4.78 is 0. The molecule has 1 heterocycles. The number of piperidine rings is 1. The van der Waals surface area contributed by atoms with Crippen molar-refractivity contribution in [3.8, 4) is 0 Å². The van der Waals surface area contributed by atoms with E-state index in [0.717, 1.165) is 31.8 Å². The fourth-order valence-corrected chi connectivity index (χ4v) is 5.22. The van der Waals surface area contributed by atoms with Gasteiger partial charge in [-0.05, 0) is 68.5 Å². The lowest BCUT2D eigenvalue weighted by molar-refractivity contribution is -0.128. The number of likely N-dealkylation sites (N-methyl/N-ethyl adjacent to an activating group) is 1. The number of benzene rings is 1. The first-order chi connectivity index (χ1) is 12.4. The number of hydrogen-bond donors (Lipinski definition) is 1. The third kappa shape index (κ3) is 3.83. The molecule has 144 valence electrons. The van der Waals surface area contributed by atoms with Gasteiger partial charge in [-0.15, -0.1) is 0 Å². The van der Waals surface area contributed by atoms with Gasteiger partial charge in [-0.2, -0.15) is 0 Å². The first kappa shape index (κ1) is 19.4. The van der Waals surface area contributed by atoms with Crippen LogP contribution in [0.2, 0.25) is 0 Å². The summed E-state index contributed by atoms with van der Waals surface area (Å²) in [6.45, 7) is 9.23. The van der Waals surface area contributed by atoms with Crippen LogP contribution >= 0.6 is 0 Å². The Morgan fingerprint density at radius 1 is 1.04 bits per heavy atom. The maximum Gasteiger partial charge on any atom is 0.230 e. The van der Waals surface area contributed by atoms with Gasteiger partial charge in [0.05, 0.1) is 5.41 Å². The smallest absolute Gasteiger partial charge is 0.230 e. The van der Waals surface area contributed by atoms with Crippen LogP contribution in [0.15, 0.2) is 30.3 Å². The van der Waals surface area contributed by atoms with Gasteiger partial charge in [-0.25, -0.2) is 0 Å². The van der Waals surface area contributed by atoms with Gasteiger partial charge in [0, 0.05) is 13.1 Å². The lowest BCUT2D eigenvalue weighted by Gasteiger charge is -2.46. The second kappa shape index (κ2) is 7.72. The SMILES string of the molecule is CNC(=O)C1(c2ccccc2)CCN(C2CCC(C(C)(C)C)CC2)CC1. The second-order valence-electron chi connectivity index (χ2n) is 9.43. The lowest BCUT2D eigenvalue weighted by atomic mass is 9.69. The molecule has 3 heteroatoms. The third-order valence-electron chi connectivity index (χ3n) is 7.08. The maximum absolute atomic E-state index is 12.8. The Labute approximate surface area is 159 Å². The minimum atomic E-state index is -0.352. The predicted molar refractivity (Wildman–Crippen MR) is 108 cm³/mol. The number of hydrogen-bond acceptors (Lipinski definition) is 2. The third-order valence-corrected chi connectivity index (χ3v) is 7.08. The Kier molecular flexibility index (Phi) is 5.76.